The minimum atomic E-state index is -0.521. The highest BCUT2D eigenvalue weighted by atomic mass is 35.5. The number of carbonyl (C=O) groups excluding carboxylic acids is 2. The molecule has 2 heterocycles. The molecule has 1 amide bonds. The minimum absolute atomic E-state index is 0.388. The Morgan fingerprint density at radius 1 is 0.971 bits per heavy atom. The zero-order valence-corrected chi connectivity index (χ0v) is 19.8. The molecule has 0 radical (unpaired) electrons. The van der Waals surface area contributed by atoms with Crippen molar-refractivity contribution in [2.45, 2.75) is 19.5 Å². The Morgan fingerprint density at radius 2 is 1.71 bits per heavy atom. The third-order valence-corrected chi connectivity index (χ3v) is 6.29. The molecular formula is C28H24ClN3O3. The number of nitrogens with zero attached hydrogens (tertiary/aromatic N) is 2. The van der Waals surface area contributed by atoms with Gasteiger partial charge in [0, 0.05) is 53.4 Å². The van der Waals surface area contributed by atoms with Crippen molar-refractivity contribution in [3.8, 4) is 0 Å². The lowest BCUT2D eigenvalue weighted by Crippen LogP contribution is -2.32. The van der Waals surface area contributed by atoms with Crippen molar-refractivity contribution in [2.75, 3.05) is 18.5 Å². The number of ether oxygens (including phenoxy) is 1. The largest absolute Gasteiger partial charge is 0.452 e. The van der Waals surface area contributed by atoms with Crippen LogP contribution < -0.4 is 5.32 Å². The molecule has 0 fully saturated rings. The van der Waals surface area contributed by atoms with Crippen LogP contribution in [0.1, 0.15) is 27.2 Å². The van der Waals surface area contributed by atoms with E-state index in [1.807, 2.05) is 42.5 Å². The van der Waals surface area contributed by atoms with Crippen LogP contribution in [-0.4, -0.2) is 34.9 Å². The highest BCUT2D eigenvalue weighted by Crippen LogP contribution is 2.29. The Hall–Kier alpha value is -3.74. The van der Waals surface area contributed by atoms with Crippen LogP contribution in [0.25, 0.3) is 10.9 Å². The summed E-state index contributed by atoms with van der Waals surface area (Å²) in [6.45, 7) is 1.83. The first kappa shape index (κ1) is 23.0. The molecule has 1 N–H and O–H groups in total. The number of pyridine rings is 1. The van der Waals surface area contributed by atoms with E-state index >= 15 is 0 Å². The minimum Gasteiger partial charge on any atom is -0.452 e. The van der Waals surface area contributed by atoms with Gasteiger partial charge in [0.1, 0.15) is 0 Å². The molecule has 35 heavy (non-hydrogen) atoms. The number of rotatable bonds is 6. The van der Waals surface area contributed by atoms with Crippen LogP contribution in [0.4, 0.5) is 5.69 Å². The molecule has 5 rings (SSSR count). The maximum Gasteiger partial charge on any atom is 0.339 e. The summed E-state index contributed by atoms with van der Waals surface area (Å²) in [5.74, 6) is -0.939. The van der Waals surface area contributed by atoms with Gasteiger partial charge < -0.3 is 10.1 Å². The first-order chi connectivity index (χ1) is 17.1. The van der Waals surface area contributed by atoms with E-state index < -0.39 is 11.9 Å². The molecule has 0 aliphatic carbocycles. The van der Waals surface area contributed by atoms with Gasteiger partial charge in [-0.1, -0.05) is 60.1 Å². The molecule has 176 valence electrons. The Labute approximate surface area is 208 Å². The van der Waals surface area contributed by atoms with Crippen LogP contribution in [0.5, 0.6) is 0 Å². The third kappa shape index (κ3) is 5.34. The monoisotopic (exact) mass is 485 g/mol. The topological polar surface area (TPSA) is 71.5 Å². The van der Waals surface area contributed by atoms with Gasteiger partial charge in [-0.05, 0) is 35.9 Å². The molecule has 0 unspecified atom stereocenters. The van der Waals surface area contributed by atoms with Crippen LogP contribution in [0.3, 0.4) is 0 Å². The number of amides is 1. The first-order valence-corrected chi connectivity index (χ1v) is 11.8. The summed E-state index contributed by atoms with van der Waals surface area (Å²) in [5.41, 5.74) is 4.81. The standard InChI is InChI=1S/C28H24ClN3O3/c29-20-10-12-21(13-11-20)30-26(33)18-35-28(34)27-22-8-4-5-9-24(22)31-25-14-15-32(17-23(25)27)16-19-6-2-1-3-7-19/h1-13H,14-18H2,(H,30,33). The molecule has 0 bridgehead atoms. The van der Waals surface area contributed by atoms with E-state index in [2.05, 4.69) is 22.3 Å². The predicted molar refractivity (Wildman–Crippen MR) is 136 cm³/mol. The molecule has 1 aliphatic rings. The van der Waals surface area contributed by atoms with Crippen molar-refractivity contribution in [3.05, 3.63) is 106 Å². The van der Waals surface area contributed by atoms with E-state index in [0.717, 1.165) is 41.7 Å². The van der Waals surface area contributed by atoms with Gasteiger partial charge in [-0.2, -0.15) is 0 Å². The number of esters is 1. The van der Waals surface area contributed by atoms with Crippen molar-refractivity contribution >= 4 is 40.1 Å². The average Bonchev–Trinajstić information content (AvgIpc) is 2.88. The molecule has 6 nitrogen and oxygen atoms in total. The zero-order chi connectivity index (χ0) is 24.2. The normalized spacial score (nSPS) is 13.3. The highest BCUT2D eigenvalue weighted by molar-refractivity contribution is 6.30. The zero-order valence-electron chi connectivity index (χ0n) is 19.0. The first-order valence-electron chi connectivity index (χ1n) is 11.5. The van der Waals surface area contributed by atoms with E-state index in [0.29, 0.717) is 22.8 Å². The average molecular weight is 486 g/mol. The van der Waals surface area contributed by atoms with Crippen molar-refractivity contribution < 1.29 is 14.3 Å². The van der Waals surface area contributed by atoms with Crippen molar-refractivity contribution in [2.24, 2.45) is 0 Å². The van der Waals surface area contributed by atoms with Gasteiger partial charge in [0.05, 0.1) is 11.1 Å². The quantitative estimate of drug-likeness (QED) is 0.378. The lowest BCUT2D eigenvalue weighted by Gasteiger charge is -2.30. The van der Waals surface area contributed by atoms with E-state index in [-0.39, 0.29) is 6.61 Å². The molecule has 0 spiro atoms. The summed E-state index contributed by atoms with van der Waals surface area (Å²) >= 11 is 5.89. The van der Waals surface area contributed by atoms with Crippen LogP contribution >= 0.6 is 11.6 Å². The van der Waals surface area contributed by atoms with E-state index in [4.69, 9.17) is 21.3 Å². The fourth-order valence-electron chi connectivity index (χ4n) is 4.39. The van der Waals surface area contributed by atoms with Gasteiger partial charge in [0.25, 0.3) is 5.91 Å². The van der Waals surface area contributed by atoms with Crippen molar-refractivity contribution in [1.82, 2.24) is 9.88 Å². The number of aromatic nitrogens is 1. The summed E-state index contributed by atoms with van der Waals surface area (Å²) < 4.78 is 5.49. The Morgan fingerprint density at radius 3 is 2.51 bits per heavy atom. The molecule has 0 saturated heterocycles. The second-order valence-corrected chi connectivity index (χ2v) is 8.94. The molecule has 1 aliphatic heterocycles. The number of para-hydroxylation sites is 1. The van der Waals surface area contributed by atoms with Crippen molar-refractivity contribution in [3.63, 3.8) is 0 Å². The number of anilines is 1. The lowest BCUT2D eigenvalue weighted by atomic mass is 9.95. The summed E-state index contributed by atoms with van der Waals surface area (Å²) in [6, 6.07) is 24.6. The van der Waals surface area contributed by atoms with Gasteiger partial charge in [0.15, 0.2) is 6.61 Å². The van der Waals surface area contributed by atoms with Gasteiger partial charge in [-0.3, -0.25) is 14.7 Å². The fraction of sp³-hybridized carbons (Fsp3) is 0.179. The maximum atomic E-state index is 13.3. The molecule has 3 aromatic carbocycles. The number of hydrogen-bond acceptors (Lipinski definition) is 5. The van der Waals surface area contributed by atoms with Crippen LogP contribution in [0.2, 0.25) is 5.02 Å². The molecular weight excluding hydrogens is 462 g/mol. The SMILES string of the molecule is O=C(COC(=O)c1c2c(nc3ccccc13)CCN(Cc1ccccc1)C2)Nc1ccc(Cl)cc1. The predicted octanol–water partition coefficient (Wildman–Crippen LogP) is 5.24. The van der Waals surface area contributed by atoms with Crippen LogP contribution in [0.15, 0.2) is 78.9 Å². The van der Waals surface area contributed by atoms with E-state index in [1.54, 1.807) is 24.3 Å². The van der Waals surface area contributed by atoms with Crippen molar-refractivity contribution in [1.29, 1.82) is 0 Å². The highest BCUT2D eigenvalue weighted by Gasteiger charge is 2.27. The van der Waals surface area contributed by atoms with E-state index in [1.165, 1.54) is 5.56 Å². The van der Waals surface area contributed by atoms with Crippen LogP contribution in [-0.2, 0) is 29.0 Å². The second-order valence-electron chi connectivity index (χ2n) is 8.51. The molecule has 0 saturated carbocycles. The Balaban J connectivity index is 1.37. The molecule has 0 atom stereocenters. The third-order valence-electron chi connectivity index (χ3n) is 6.04. The number of halogens is 1. The number of fused-ring (bicyclic) bond motifs is 2. The smallest absolute Gasteiger partial charge is 0.339 e. The lowest BCUT2D eigenvalue weighted by molar-refractivity contribution is -0.119. The fourth-order valence-corrected chi connectivity index (χ4v) is 4.52. The second kappa shape index (κ2) is 10.3. The van der Waals surface area contributed by atoms with Crippen LogP contribution in [0, 0.1) is 0 Å². The Kier molecular flexibility index (Phi) is 6.75. The van der Waals surface area contributed by atoms with Gasteiger partial charge >= 0.3 is 5.97 Å². The summed E-state index contributed by atoms with van der Waals surface area (Å²) in [5, 5.41) is 4.02. The molecule has 4 aromatic rings. The number of benzene rings is 3. The molecule has 1 aromatic heterocycles. The van der Waals surface area contributed by atoms with Gasteiger partial charge in [-0.15, -0.1) is 0 Å². The summed E-state index contributed by atoms with van der Waals surface area (Å²) in [4.78, 5) is 32.9. The van der Waals surface area contributed by atoms with Gasteiger partial charge in [0.2, 0.25) is 0 Å². The molecule has 7 heteroatoms. The number of nitrogens with one attached hydrogen (secondary N) is 1. The summed E-state index contributed by atoms with van der Waals surface area (Å²) in [7, 11) is 0. The Bertz CT molecular complexity index is 1370. The van der Waals surface area contributed by atoms with Gasteiger partial charge in [-0.25, -0.2) is 4.79 Å². The van der Waals surface area contributed by atoms with E-state index in [9.17, 15) is 9.59 Å². The number of hydrogen-bond donors (Lipinski definition) is 1. The maximum absolute atomic E-state index is 13.3. The number of carbonyl (C=O) groups is 2. The summed E-state index contributed by atoms with van der Waals surface area (Å²) in [6.07, 6.45) is 0.740.